The number of benzene rings is 2. The van der Waals surface area contributed by atoms with E-state index in [9.17, 15) is 14.4 Å². The van der Waals surface area contributed by atoms with Gasteiger partial charge in [0.2, 0.25) is 17.8 Å². The van der Waals surface area contributed by atoms with Crippen LogP contribution in [0.25, 0.3) is 11.4 Å². The molecule has 4 N–H and O–H groups in total. The summed E-state index contributed by atoms with van der Waals surface area (Å²) in [5.41, 5.74) is 7.76. The van der Waals surface area contributed by atoms with Crippen molar-refractivity contribution in [3.63, 3.8) is 0 Å². The molecule has 45 heavy (non-hydrogen) atoms. The van der Waals surface area contributed by atoms with Crippen molar-refractivity contribution in [1.29, 1.82) is 0 Å². The molecular weight excluding hydrogens is 578 g/mol. The van der Waals surface area contributed by atoms with E-state index in [1.807, 2.05) is 12.1 Å². The standard InChI is InChI=1S/C31H37N9O5/c1-20-19-45-18-15-39(20)30-36-27(35-29(37-30)38-13-16-44-17-14-38)21-4-8-23(9-5-21)33-31(43)34-24-10-6-22(7-11-24)28(42)40-12-2-3-25(40)26(32)41/h4-11,20,25H,2-3,12-19H2,1H3,(H2,32,41)(H2,33,34,43)/t20-,25+/m1/s1. The van der Waals surface area contributed by atoms with Crippen LogP contribution in [0.2, 0.25) is 0 Å². The molecule has 3 saturated heterocycles. The van der Waals surface area contributed by atoms with Crippen LogP contribution in [0.4, 0.5) is 28.1 Å². The van der Waals surface area contributed by atoms with E-state index in [1.165, 1.54) is 4.90 Å². The number of hydrogen-bond acceptors (Lipinski definition) is 10. The summed E-state index contributed by atoms with van der Waals surface area (Å²) in [5, 5.41) is 5.61. The SMILES string of the molecule is C[C@@H]1COCCN1c1nc(-c2ccc(NC(=O)Nc3ccc(C(=O)N4CCC[C@H]4C(N)=O)cc3)cc2)nc(N2CCOCC2)n1. The van der Waals surface area contributed by atoms with Crippen LogP contribution in [0.1, 0.15) is 30.1 Å². The van der Waals surface area contributed by atoms with Gasteiger partial charge in [-0.3, -0.25) is 9.59 Å². The van der Waals surface area contributed by atoms with Crippen molar-refractivity contribution >= 4 is 41.1 Å². The second-order valence-corrected chi connectivity index (χ2v) is 11.3. The molecule has 14 nitrogen and oxygen atoms in total. The minimum atomic E-state index is -0.583. The molecular formula is C31H37N9O5. The summed E-state index contributed by atoms with van der Waals surface area (Å²) >= 11 is 0. The van der Waals surface area contributed by atoms with E-state index in [-0.39, 0.29) is 11.9 Å². The first kappa shape index (κ1) is 30.2. The number of rotatable bonds is 7. The van der Waals surface area contributed by atoms with Crippen LogP contribution in [0.5, 0.6) is 0 Å². The Morgan fingerprint density at radius 3 is 2.13 bits per heavy atom. The van der Waals surface area contributed by atoms with Gasteiger partial charge in [-0.25, -0.2) is 4.79 Å². The predicted octanol–water partition coefficient (Wildman–Crippen LogP) is 2.33. The largest absolute Gasteiger partial charge is 0.378 e. The smallest absolute Gasteiger partial charge is 0.323 e. The zero-order chi connectivity index (χ0) is 31.3. The van der Waals surface area contributed by atoms with E-state index in [0.29, 0.717) is 93.7 Å². The molecule has 2 aromatic carbocycles. The van der Waals surface area contributed by atoms with Crippen LogP contribution < -0.4 is 26.2 Å². The lowest BCUT2D eigenvalue weighted by atomic mass is 10.1. The van der Waals surface area contributed by atoms with Gasteiger partial charge in [-0.05, 0) is 68.3 Å². The van der Waals surface area contributed by atoms with Crippen LogP contribution in [0.3, 0.4) is 0 Å². The summed E-state index contributed by atoms with van der Waals surface area (Å²) in [6.07, 6.45) is 1.31. The molecule has 3 aliphatic rings. The average molecular weight is 616 g/mol. The number of carbonyl (C=O) groups excluding carboxylic acids is 3. The molecule has 0 spiro atoms. The molecule has 2 atom stereocenters. The molecule has 14 heteroatoms. The molecule has 0 aliphatic carbocycles. The van der Waals surface area contributed by atoms with E-state index >= 15 is 0 Å². The minimum absolute atomic E-state index is 0.132. The van der Waals surface area contributed by atoms with E-state index in [4.69, 9.17) is 30.2 Å². The monoisotopic (exact) mass is 615 g/mol. The Balaban J connectivity index is 1.12. The van der Waals surface area contributed by atoms with Crippen LogP contribution in [-0.2, 0) is 14.3 Å². The molecule has 236 valence electrons. The van der Waals surface area contributed by atoms with E-state index < -0.39 is 18.0 Å². The third-order valence-corrected chi connectivity index (χ3v) is 8.16. The molecule has 3 fully saturated rings. The molecule has 0 saturated carbocycles. The van der Waals surface area contributed by atoms with Crippen molar-refractivity contribution in [2.75, 3.05) is 73.0 Å². The highest BCUT2D eigenvalue weighted by Gasteiger charge is 2.33. The summed E-state index contributed by atoms with van der Waals surface area (Å²) in [7, 11) is 0. The molecule has 1 aromatic heterocycles. The first-order valence-corrected chi connectivity index (χ1v) is 15.2. The number of aromatic nitrogens is 3. The van der Waals surface area contributed by atoms with Crippen LogP contribution in [-0.4, -0.2) is 102 Å². The number of nitrogens with two attached hydrogens (primary N) is 1. The highest BCUT2D eigenvalue weighted by molar-refractivity contribution is 6.01. The highest BCUT2D eigenvalue weighted by atomic mass is 16.5. The Labute approximate surface area is 260 Å². The summed E-state index contributed by atoms with van der Waals surface area (Å²) < 4.78 is 11.1. The van der Waals surface area contributed by atoms with Gasteiger partial charge < -0.3 is 40.5 Å². The van der Waals surface area contributed by atoms with Crippen molar-refractivity contribution in [2.45, 2.75) is 31.8 Å². The van der Waals surface area contributed by atoms with Crippen molar-refractivity contribution < 1.29 is 23.9 Å². The molecule has 0 unspecified atom stereocenters. The maximum Gasteiger partial charge on any atom is 0.323 e. The summed E-state index contributed by atoms with van der Waals surface area (Å²) in [5.74, 6) is 1.01. The Morgan fingerprint density at radius 1 is 0.822 bits per heavy atom. The zero-order valence-corrected chi connectivity index (χ0v) is 25.1. The number of nitrogens with zero attached hydrogens (tertiary/aromatic N) is 6. The third-order valence-electron chi connectivity index (χ3n) is 8.16. The second-order valence-electron chi connectivity index (χ2n) is 11.3. The van der Waals surface area contributed by atoms with Crippen LogP contribution in [0.15, 0.2) is 48.5 Å². The zero-order valence-electron chi connectivity index (χ0n) is 25.1. The number of nitrogens with one attached hydrogen (secondary N) is 2. The fraction of sp³-hybridized carbons (Fsp3) is 0.419. The molecule has 3 aromatic rings. The number of likely N-dealkylation sites (tertiary alicyclic amines) is 1. The fourth-order valence-corrected chi connectivity index (χ4v) is 5.70. The van der Waals surface area contributed by atoms with Gasteiger partial charge >= 0.3 is 6.03 Å². The Kier molecular flexibility index (Phi) is 9.03. The highest BCUT2D eigenvalue weighted by Crippen LogP contribution is 2.26. The van der Waals surface area contributed by atoms with Crippen molar-refractivity contribution in [3.05, 3.63) is 54.1 Å². The third kappa shape index (κ3) is 6.97. The lowest BCUT2D eigenvalue weighted by Crippen LogP contribution is -2.45. The van der Waals surface area contributed by atoms with Crippen LogP contribution >= 0.6 is 0 Å². The minimum Gasteiger partial charge on any atom is -0.378 e. The van der Waals surface area contributed by atoms with Gasteiger partial charge in [0.15, 0.2) is 5.82 Å². The maximum atomic E-state index is 12.9. The number of hydrogen-bond donors (Lipinski definition) is 3. The van der Waals surface area contributed by atoms with E-state index in [2.05, 4.69) is 27.4 Å². The Hall–Kier alpha value is -4.82. The van der Waals surface area contributed by atoms with Crippen molar-refractivity contribution in [1.82, 2.24) is 19.9 Å². The number of amides is 4. The van der Waals surface area contributed by atoms with Crippen molar-refractivity contribution in [2.24, 2.45) is 5.73 Å². The molecule has 3 aliphatic heterocycles. The second kappa shape index (κ2) is 13.4. The Morgan fingerprint density at radius 2 is 1.47 bits per heavy atom. The molecule has 0 radical (unpaired) electrons. The van der Waals surface area contributed by atoms with Gasteiger partial charge in [0.05, 0.1) is 32.5 Å². The van der Waals surface area contributed by atoms with Crippen LogP contribution in [0, 0.1) is 0 Å². The van der Waals surface area contributed by atoms with E-state index in [1.54, 1.807) is 36.4 Å². The van der Waals surface area contributed by atoms with Gasteiger partial charge in [0.25, 0.3) is 5.91 Å². The molecule has 6 rings (SSSR count). The lowest BCUT2D eigenvalue weighted by molar-refractivity contribution is -0.121. The van der Waals surface area contributed by atoms with Gasteiger partial charge in [-0.15, -0.1) is 0 Å². The lowest BCUT2D eigenvalue weighted by Gasteiger charge is -2.34. The maximum absolute atomic E-state index is 12.9. The first-order valence-electron chi connectivity index (χ1n) is 15.2. The average Bonchev–Trinajstić information content (AvgIpc) is 3.56. The summed E-state index contributed by atoms with van der Waals surface area (Å²) in [6, 6.07) is 12.9. The molecule has 4 amide bonds. The number of primary amides is 1. The number of morpholine rings is 2. The topological polar surface area (TPSA) is 168 Å². The summed E-state index contributed by atoms with van der Waals surface area (Å²) in [6.45, 7) is 7.12. The number of anilines is 4. The number of ether oxygens (including phenoxy) is 2. The molecule has 0 bridgehead atoms. The summed E-state index contributed by atoms with van der Waals surface area (Å²) in [4.78, 5) is 57.5. The van der Waals surface area contributed by atoms with Crippen molar-refractivity contribution in [3.8, 4) is 11.4 Å². The fourth-order valence-electron chi connectivity index (χ4n) is 5.70. The predicted molar refractivity (Wildman–Crippen MR) is 168 cm³/mol. The number of carbonyl (C=O) groups is 3. The van der Waals surface area contributed by atoms with Gasteiger partial charge in [-0.2, -0.15) is 15.0 Å². The first-order chi connectivity index (χ1) is 21.9. The Bertz CT molecular complexity index is 1530. The number of urea groups is 1. The molecule has 4 heterocycles. The van der Waals surface area contributed by atoms with Gasteiger partial charge in [0.1, 0.15) is 6.04 Å². The quantitative estimate of drug-likeness (QED) is 0.359. The van der Waals surface area contributed by atoms with Gasteiger partial charge in [-0.1, -0.05) is 0 Å². The van der Waals surface area contributed by atoms with Gasteiger partial charge in [0, 0.05) is 48.7 Å². The normalized spacial score (nSPS) is 20.2. The van der Waals surface area contributed by atoms with E-state index in [0.717, 1.165) is 12.0 Å².